The molecule has 6 nitrogen and oxygen atoms in total. The standard InChI is InChI=1S/C15H19F3N4O2/c16-15(17,18)9-5-20-21-12(9)13(23)22-8-14(1-3-19-4-2-14)10-6-24-7-11(10)22/h5,10-11,19H,1-4,6-8H2,(H,20,21)/t10-,11+/m1/s1. The van der Waals surface area contributed by atoms with Crippen molar-refractivity contribution < 1.29 is 22.7 Å². The summed E-state index contributed by atoms with van der Waals surface area (Å²) in [6.07, 6.45) is -2.10. The molecule has 0 aliphatic carbocycles. The molecule has 3 saturated heterocycles. The number of carbonyl (C=O) groups is 1. The van der Waals surface area contributed by atoms with Crippen LogP contribution in [0.15, 0.2) is 6.20 Å². The molecule has 3 aliphatic heterocycles. The fourth-order valence-corrected chi connectivity index (χ4v) is 4.49. The number of aromatic amines is 1. The second-order valence-corrected chi connectivity index (χ2v) is 6.91. The minimum Gasteiger partial charge on any atom is -0.379 e. The second-order valence-electron chi connectivity index (χ2n) is 6.91. The molecule has 1 aromatic rings. The highest BCUT2D eigenvalue weighted by Crippen LogP contribution is 2.49. The zero-order chi connectivity index (χ0) is 16.9. The van der Waals surface area contributed by atoms with Crippen LogP contribution in [0, 0.1) is 11.3 Å². The largest absolute Gasteiger partial charge is 0.420 e. The molecule has 4 heterocycles. The van der Waals surface area contributed by atoms with Gasteiger partial charge in [0.25, 0.3) is 5.91 Å². The molecule has 0 unspecified atom stereocenters. The molecule has 1 amide bonds. The first-order valence-corrected chi connectivity index (χ1v) is 8.12. The molecule has 1 aromatic heterocycles. The minimum atomic E-state index is -4.60. The Kier molecular flexibility index (Phi) is 3.61. The first kappa shape index (κ1) is 15.9. The molecule has 2 atom stereocenters. The van der Waals surface area contributed by atoms with Crippen LogP contribution in [0.2, 0.25) is 0 Å². The molecule has 1 spiro atoms. The summed E-state index contributed by atoms with van der Waals surface area (Å²) in [4.78, 5) is 14.4. The average Bonchev–Trinajstić information content (AvgIpc) is 3.24. The van der Waals surface area contributed by atoms with Gasteiger partial charge in [-0.15, -0.1) is 0 Å². The van der Waals surface area contributed by atoms with Crippen LogP contribution in [0.3, 0.4) is 0 Å². The van der Waals surface area contributed by atoms with Gasteiger partial charge in [0.15, 0.2) is 0 Å². The van der Waals surface area contributed by atoms with Crippen LogP contribution < -0.4 is 5.32 Å². The van der Waals surface area contributed by atoms with Crippen LogP contribution in [0.1, 0.15) is 28.9 Å². The summed E-state index contributed by atoms with van der Waals surface area (Å²) in [5.41, 5.74) is -1.53. The van der Waals surface area contributed by atoms with Crippen molar-refractivity contribution in [3.63, 3.8) is 0 Å². The molecule has 3 fully saturated rings. The first-order valence-electron chi connectivity index (χ1n) is 8.12. The number of fused-ring (bicyclic) bond motifs is 2. The molecule has 3 aliphatic rings. The van der Waals surface area contributed by atoms with Crippen molar-refractivity contribution >= 4 is 5.91 Å². The van der Waals surface area contributed by atoms with Gasteiger partial charge in [-0.2, -0.15) is 18.3 Å². The number of amides is 1. The number of alkyl halides is 3. The van der Waals surface area contributed by atoms with Crippen molar-refractivity contribution in [2.75, 3.05) is 32.8 Å². The van der Waals surface area contributed by atoms with Crippen molar-refractivity contribution in [2.45, 2.75) is 25.1 Å². The van der Waals surface area contributed by atoms with Crippen LogP contribution in [-0.4, -0.2) is 59.9 Å². The number of rotatable bonds is 1. The predicted octanol–water partition coefficient (Wildman–Crippen LogP) is 1.27. The van der Waals surface area contributed by atoms with Crippen molar-refractivity contribution in [1.29, 1.82) is 0 Å². The highest BCUT2D eigenvalue weighted by Gasteiger charge is 2.56. The number of piperidine rings is 1. The minimum absolute atomic E-state index is 0.0551. The molecule has 132 valence electrons. The number of likely N-dealkylation sites (tertiary alicyclic amines) is 1. The maximum Gasteiger partial charge on any atom is 0.420 e. The lowest BCUT2D eigenvalue weighted by Crippen LogP contribution is -2.43. The van der Waals surface area contributed by atoms with E-state index in [1.807, 2.05) is 0 Å². The van der Waals surface area contributed by atoms with Gasteiger partial charge in [0.05, 0.1) is 25.5 Å². The van der Waals surface area contributed by atoms with E-state index in [1.54, 1.807) is 4.90 Å². The Bertz CT molecular complexity index is 639. The van der Waals surface area contributed by atoms with E-state index in [4.69, 9.17) is 4.74 Å². The molecule has 0 radical (unpaired) electrons. The van der Waals surface area contributed by atoms with Gasteiger partial charge in [-0.1, -0.05) is 0 Å². The summed E-state index contributed by atoms with van der Waals surface area (Å²) >= 11 is 0. The molecule has 0 saturated carbocycles. The van der Waals surface area contributed by atoms with E-state index in [9.17, 15) is 18.0 Å². The van der Waals surface area contributed by atoms with Crippen molar-refractivity contribution in [2.24, 2.45) is 11.3 Å². The highest BCUT2D eigenvalue weighted by molar-refractivity contribution is 5.94. The smallest absolute Gasteiger partial charge is 0.379 e. The van der Waals surface area contributed by atoms with E-state index < -0.39 is 23.3 Å². The molecule has 0 bridgehead atoms. The Morgan fingerprint density at radius 1 is 1.33 bits per heavy atom. The van der Waals surface area contributed by atoms with Gasteiger partial charge in [0.2, 0.25) is 0 Å². The van der Waals surface area contributed by atoms with Crippen molar-refractivity contribution in [3.05, 3.63) is 17.5 Å². The number of hydrogen-bond donors (Lipinski definition) is 2. The zero-order valence-corrected chi connectivity index (χ0v) is 13.0. The van der Waals surface area contributed by atoms with Crippen LogP contribution in [0.4, 0.5) is 13.2 Å². The number of halogens is 3. The van der Waals surface area contributed by atoms with E-state index >= 15 is 0 Å². The number of nitrogens with one attached hydrogen (secondary N) is 2. The fraction of sp³-hybridized carbons (Fsp3) is 0.733. The molecule has 4 rings (SSSR count). The highest BCUT2D eigenvalue weighted by atomic mass is 19.4. The van der Waals surface area contributed by atoms with Gasteiger partial charge < -0.3 is 15.0 Å². The average molecular weight is 344 g/mol. The monoisotopic (exact) mass is 344 g/mol. The molecule has 2 N–H and O–H groups in total. The summed E-state index contributed by atoms with van der Waals surface area (Å²) in [6.45, 7) is 3.18. The van der Waals surface area contributed by atoms with Crippen LogP contribution >= 0.6 is 0 Å². The Morgan fingerprint density at radius 3 is 2.79 bits per heavy atom. The molecular weight excluding hydrogens is 325 g/mol. The summed E-state index contributed by atoms with van der Waals surface area (Å²) in [6, 6.07) is -0.153. The van der Waals surface area contributed by atoms with Gasteiger partial charge in [0, 0.05) is 12.5 Å². The number of H-pyrrole nitrogens is 1. The van der Waals surface area contributed by atoms with Gasteiger partial charge >= 0.3 is 6.18 Å². The van der Waals surface area contributed by atoms with Crippen LogP contribution in [-0.2, 0) is 10.9 Å². The summed E-state index contributed by atoms with van der Waals surface area (Å²) in [5.74, 6) is -0.434. The molecule has 0 aromatic carbocycles. The number of ether oxygens (including phenoxy) is 1. The van der Waals surface area contributed by atoms with Gasteiger partial charge in [0.1, 0.15) is 11.3 Å². The van der Waals surface area contributed by atoms with Crippen LogP contribution in [0.5, 0.6) is 0 Å². The van der Waals surface area contributed by atoms with Crippen LogP contribution in [0.25, 0.3) is 0 Å². The molecule has 24 heavy (non-hydrogen) atoms. The van der Waals surface area contributed by atoms with Gasteiger partial charge in [-0.3, -0.25) is 9.89 Å². The maximum absolute atomic E-state index is 13.1. The first-order chi connectivity index (χ1) is 11.4. The zero-order valence-electron chi connectivity index (χ0n) is 13.0. The van der Waals surface area contributed by atoms with E-state index in [1.165, 1.54) is 0 Å². The lowest BCUT2D eigenvalue weighted by molar-refractivity contribution is -0.138. The van der Waals surface area contributed by atoms with E-state index in [2.05, 4.69) is 15.5 Å². The number of carbonyl (C=O) groups excluding carboxylic acids is 1. The topological polar surface area (TPSA) is 70.2 Å². The van der Waals surface area contributed by atoms with Gasteiger partial charge in [-0.25, -0.2) is 0 Å². The van der Waals surface area contributed by atoms with E-state index in [-0.39, 0.29) is 17.4 Å². The molecule has 9 heteroatoms. The number of hydrogen-bond acceptors (Lipinski definition) is 4. The third kappa shape index (κ3) is 2.33. The Morgan fingerprint density at radius 2 is 2.08 bits per heavy atom. The third-order valence-electron chi connectivity index (χ3n) is 5.74. The third-order valence-corrected chi connectivity index (χ3v) is 5.74. The maximum atomic E-state index is 13.1. The fourth-order valence-electron chi connectivity index (χ4n) is 4.49. The number of aromatic nitrogens is 2. The van der Waals surface area contributed by atoms with Crippen molar-refractivity contribution in [1.82, 2.24) is 20.4 Å². The summed E-state index contributed by atoms with van der Waals surface area (Å²) < 4.78 is 44.8. The summed E-state index contributed by atoms with van der Waals surface area (Å²) in [7, 11) is 0. The Labute approximate surface area is 136 Å². The quantitative estimate of drug-likeness (QED) is 0.805. The normalized spacial score (nSPS) is 29.2. The lowest BCUT2D eigenvalue weighted by atomic mass is 9.70. The second kappa shape index (κ2) is 5.45. The SMILES string of the molecule is O=C(c1[nH]ncc1C(F)(F)F)N1CC2(CCNCC2)[C@@H]2COC[C@@H]21. The Balaban J connectivity index is 1.65. The number of nitrogens with zero attached hydrogens (tertiary/aromatic N) is 2. The van der Waals surface area contributed by atoms with Crippen molar-refractivity contribution in [3.8, 4) is 0 Å². The van der Waals surface area contributed by atoms with Gasteiger partial charge in [-0.05, 0) is 31.3 Å². The predicted molar refractivity (Wildman–Crippen MR) is 77.3 cm³/mol. The Hall–Kier alpha value is -1.61. The lowest BCUT2D eigenvalue weighted by Gasteiger charge is -2.37. The molecular formula is C15H19F3N4O2. The van der Waals surface area contributed by atoms with E-state index in [0.717, 1.165) is 25.9 Å². The summed E-state index contributed by atoms with van der Waals surface area (Å²) in [5, 5.41) is 8.99. The van der Waals surface area contributed by atoms with E-state index in [0.29, 0.717) is 26.0 Å².